The number of amides is 1. The van der Waals surface area contributed by atoms with E-state index < -0.39 is 17.5 Å². The van der Waals surface area contributed by atoms with Gasteiger partial charge in [-0.2, -0.15) is 0 Å². The van der Waals surface area contributed by atoms with Gasteiger partial charge in [-0.1, -0.05) is 0 Å². The van der Waals surface area contributed by atoms with Crippen LogP contribution in [0.5, 0.6) is 0 Å². The Kier molecular flexibility index (Phi) is 4.11. The van der Waals surface area contributed by atoms with Crippen molar-refractivity contribution >= 4 is 23.4 Å². The second kappa shape index (κ2) is 5.79. The van der Waals surface area contributed by atoms with Crippen LogP contribution in [0.4, 0.5) is 14.5 Å². The quantitative estimate of drug-likeness (QED) is 0.877. The number of benzene rings is 1. The van der Waals surface area contributed by atoms with Gasteiger partial charge in [-0.25, -0.2) is 13.8 Å². The van der Waals surface area contributed by atoms with Gasteiger partial charge in [0.25, 0.3) is 5.91 Å². The van der Waals surface area contributed by atoms with Crippen molar-refractivity contribution in [2.75, 3.05) is 11.6 Å². The van der Waals surface area contributed by atoms with Crippen molar-refractivity contribution in [2.45, 2.75) is 5.03 Å². The molecule has 1 aromatic heterocycles. The van der Waals surface area contributed by atoms with Crippen LogP contribution >= 0.6 is 11.8 Å². The monoisotopic (exact) mass is 280 g/mol. The molecule has 0 aliphatic heterocycles. The van der Waals surface area contributed by atoms with Gasteiger partial charge in [-0.05, 0) is 30.5 Å². The molecule has 3 nitrogen and oxygen atoms in total. The molecular weight excluding hydrogens is 270 g/mol. The summed E-state index contributed by atoms with van der Waals surface area (Å²) >= 11 is 1.30. The highest BCUT2D eigenvalue weighted by Crippen LogP contribution is 2.20. The van der Waals surface area contributed by atoms with Crippen LogP contribution < -0.4 is 5.32 Å². The number of halogens is 2. The van der Waals surface area contributed by atoms with Crippen LogP contribution in [0, 0.1) is 11.6 Å². The zero-order valence-corrected chi connectivity index (χ0v) is 10.8. The standard InChI is InChI=1S/C13H10F2N2OS/c1-19-13-9(3-2-6-16-13)12(18)17-11-7-8(14)4-5-10(11)15/h2-7H,1H3,(H,17,18). The van der Waals surface area contributed by atoms with E-state index in [4.69, 9.17) is 0 Å². The Labute approximate surface area is 113 Å². The molecule has 2 rings (SSSR count). The lowest BCUT2D eigenvalue weighted by molar-refractivity contribution is 0.102. The van der Waals surface area contributed by atoms with Crippen molar-refractivity contribution in [1.29, 1.82) is 0 Å². The minimum absolute atomic E-state index is 0.194. The van der Waals surface area contributed by atoms with Crippen molar-refractivity contribution < 1.29 is 13.6 Å². The fourth-order valence-electron chi connectivity index (χ4n) is 1.51. The van der Waals surface area contributed by atoms with Crippen LogP contribution in [0.3, 0.4) is 0 Å². The van der Waals surface area contributed by atoms with E-state index in [-0.39, 0.29) is 5.69 Å². The van der Waals surface area contributed by atoms with E-state index in [1.54, 1.807) is 24.6 Å². The molecule has 1 heterocycles. The topological polar surface area (TPSA) is 42.0 Å². The third-order valence-electron chi connectivity index (χ3n) is 2.39. The second-order valence-corrected chi connectivity index (χ2v) is 4.43. The molecule has 0 spiro atoms. The van der Waals surface area contributed by atoms with E-state index in [0.717, 1.165) is 18.2 Å². The second-order valence-electron chi connectivity index (χ2n) is 3.64. The molecule has 0 saturated heterocycles. The molecule has 0 unspecified atom stereocenters. The first-order chi connectivity index (χ1) is 9.11. The summed E-state index contributed by atoms with van der Waals surface area (Å²) in [6.45, 7) is 0. The molecule has 6 heteroatoms. The van der Waals surface area contributed by atoms with E-state index >= 15 is 0 Å². The summed E-state index contributed by atoms with van der Waals surface area (Å²) in [6.07, 6.45) is 3.34. The van der Waals surface area contributed by atoms with Gasteiger partial charge in [-0.15, -0.1) is 11.8 Å². The highest BCUT2D eigenvalue weighted by Gasteiger charge is 2.14. The van der Waals surface area contributed by atoms with Gasteiger partial charge < -0.3 is 5.32 Å². The van der Waals surface area contributed by atoms with Crippen LogP contribution in [0.2, 0.25) is 0 Å². The third kappa shape index (κ3) is 3.08. The first-order valence-corrected chi connectivity index (χ1v) is 6.59. The maximum Gasteiger partial charge on any atom is 0.258 e. The van der Waals surface area contributed by atoms with E-state index in [1.807, 2.05) is 0 Å². The van der Waals surface area contributed by atoms with Crippen molar-refractivity contribution in [3.63, 3.8) is 0 Å². The normalized spacial score (nSPS) is 10.3. The van der Waals surface area contributed by atoms with E-state index in [0.29, 0.717) is 10.6 Å². The summed E-state index contributed by atoms with van der Waals surface area (Å²) in [5.41, 5.74) is 0.125. The number of nitrogens with one attached hydrogen (secondary N) is 1. The molecule has 0 aliphatic rings. The molecule has 1 aromatic carbocycles. The maximum atomic E-state index is 13.4. The summed E-state index contributed by atoms with van der Waals surface area (Å²) in [7, 11) is 0. The van der Waals surface area contributed by atoms with Gasteiger partial charge in [0.05, 0.1) is 11.3 Å². The highest BCUT2D eigenvalue weighted by atomic mass is 32.2. The van der Waals surface area contributed by atoms with Gasteiger partial charge >= 0.3 is 0 Å². The van der Waals surface area contributed by atoms with Crippen LogP contribution in [-0.4, -0.2) is 17.1 Å². The molecule has 19 heavy (non-hydrogen) atoms. The zero-order chi connectivity index (χ0) is 13.8. The van der Waals surface area contributed by atoms with Gasteiger partial charge in [0.1, 0.15) is 16.7 Å². The number of pyridine rings is 1. The van der Waals surface area contributed by atoms with Crippen LogP contribution in [0.25, 0.3) is 0 Å². The Morgan fingerprint density at radius 3 is 2.84 bits per heavy atom. The average molecular weight is 280 g/mol. The predicted molar refractivity (Wildman–Crippen MR) is 70.3 cm³/mol. The first kappa shape index (κ1) is 13.5. The average Bonchev–Trinajstić information content (AvgIpc) is 2.42. The lowest BCUT2D eigenvalue weighted by Gasteiger charge is -2.08. The molecule has 0 radical (unpaired) electrons. The Bertz CT molecular complexity index is 619. The fourth-order valence-corrected chi connectivity index (χ4v) is 2.06. The first-order valence-electron chi connectivity index (χ1n) is 5.37. The largest absolute Gasteiger partial charge is 0.319 e. The van der Waals surface area contributed by atoms with Crippen molar-refractivity contribution in [1.82, 2.24) is 4.98 Å². The van der Waals surface area contributed by atoms with E-state index in [1.165, 1.54) is 11.8 Å². The van der Waals surface area contributed by atoms with Gasteiger partial charge in [0, 0.05) is 12.3 Å². The lowest BCUT2D eigenvalue weighted by atomic mass is 10.2. The number of carbonyl (C=O) groups excluding carboxylic acids is 1. The number of anilines is 1. The van der Waals surface area contributed by atoms with Gasteiger partial charge in [0.2, 0.25) is 0 Å². The number of hydrogen-bond donors (Lipinski definition) is 1. The Balaban J connectivity index is 2.28. The summed E-state index contributed by atoms with van der Waals surface area (Å²) in [5, 5.41) is 2.86. The third-order valence-corrected chi connectivity index (χ3v) is 3.10. The Hall–Kier alpha value is -1.95. The van der Waals surface area contributed by atoms with E-state index in [2.05, 4.69) is 10.3 Å². The molecule has 0 saturated carbocycles. The summed E-state index contributed by atoms with van der Waals surface area (Å²) in [5.74, 6) is -1.83. The SMILES string of the molecule is CSc1ncccc1C(=O)Nc1cc(F)ccc1F. The minimum atomic E-state index is -0.690. The number of carbonyl (C=O) groups is 1. The molecular formula is C13H10F2N2OS. The molecule has 1 N–H and O–H groups in total. The highest BCUT2D eigenvalue weighted by molar-refractivity contribution is 7.98. The maximum absolute atomic E-state index is 13.4. The molecule has 0 fully saturated rings. The zero-order valence-electron chi connectivity index (χ0n) is 9.98. The van der Waals surface area contributed by atoms with Crippen LogP contribution in [-0.2, 0) is 0 Å². The number of aromatic nitrogens is 1. The van der Waals surface area contributed by atoms with E-state index in [9.17, 15) is 13.6 Å². The molecule has 1 amide bonds. The number of thioether (sulfide) groups is 1. The lowest BCUT2D eigenvalue weighted by Crippen LogP contribution is -2.14. The number of rotatable bonds is 3. The Morgan fingerprint density at radius 1 is 1.32 bits per heavy atom. The molecule has 0 bridgehead atoms. The molecule has 0 atom stereocenters. The summed E-state index contributed by atoms with van der Waals surface area (Å²) < 4.78 is 26.4. The summed E-state index contributed by atoms with van der Waals surface area (Å²) in [4.78, 5) is 16.0. The molecule has 0 aliphatic carbocycles. The number of hydrogen-bond acceptors (Lipinski definition) is 3. The molecule has 2 aromatic rings. The van der Waals surface area contributed by atoms with Gasteiger partial charge in [-0.3, -0.25) is 4.79 Å². The summed E-state index contributed by atoms with van der Waals surface area (Å²) in [6, 6.07) is 6.07. The van der Waals surface area contributed by atoms with Crippen molar-refractivity contribution in [3.8, 4) is 0 Å². The van der Waals surface area contributed by atoms with Crippen LogP contribution in [0.1, 0.15) is 10.4 Å². The van der Waals surface area contributed by atoms with Crippen molar-refractivity contribution in [3.05, 3.63) is 53.7 Å². The predicted octanol–water partition coefficient (Wildman–Crippen LogP) is 3.33. The van der Waals surface area contributed by atoms with Gasteiger partial charge in [0.15, 0.2) is 0 Å². The Morgan fingerprint density at radius 2 is 2.11 bits per heavy atom. The minimum Gasteiger partial charge on any atom is -0.319 e. The molecule has 98 valence electrons. The smallest absolute Gasteiger partial charge is 0.258 e. The van der Waals surface area contributed by atoms with Crippen LogP contribution in [0.15, 0.2) is 41.6 Å². The van der Waals surface area contributed by atoms with Crippen molar-refractivity contribution in [2.24, 2.45) is 0 Å². The fraction of sp³-hybridized carbons (Fsp3) is 0.0769. The number of nitrogens with zero attached hydrogens (tertiary/aromatic N) is 1.